The van der Waals surface area contributed by atoms with Gasteiger partial charge in [-0.1, -0.05) is 0 Å². The summed E-state index contributed by atoms with van der Waals surface area (Å²) in [5, 5.41) is 0. The number of rotatable bonds is 1. The van der Waals surface area contributed by atoms with Crippen LogP contribution in [0.4, 0.5) is 0 Å². The van der Waals surface area contributed by atoms with Crippen molar-refractivity contribution in [3.8, 4) is 0 Å². The molecule has 2 atom stereocenters. The summed E-state index contributed by atoms with van der Waals surface area (Å²) in [6, 6.07) is 2.25. The van der Waals surface area contributed by atoms with Crippen LogP contribution >= 0.6 is 0 Å². The molecule has 1 aliphatic carbocycles. The number of pyridine rings is 1. The summed E-state index contributed by atoms with van der Waals surface area (Å²) < 4.78 is 1.82. The van der Waals surface area contributed by atoms with Crippen LogP contribution in [0.15, 0.2) is 23.3 Å². The van der Waals surface area contributed by atoms with Crippen molar-refractivity contribution in [3.63, 3.8) is 0 Å². The lowest BCUT2D eigenvalue weighted by molar-refractivity contribution is 0.320. The van der Waals surface area contributed by atoms with Crippen molar-refractivity contribution in [2.75, 3.05) is 0 Å². The molecule has 0 spiro atoms. The fourth-order valence-corrected chi connectivity index (χ4v) is 2.77. The summed E-state index contributed by atoms with van der Waals surface area (Å²) in [5.41, 5.74) is 7.67. The zero-order valence-electron chi connectivity index (χ0n) is 9.60. The average Bonchev–Trinajstić information content (AvgIpc) is 2.64. The molecule has 0 aromatic carbocycles. The van der Waals surface area contributed by atoms with E-state index in [9.17, 15) is 4.79 Å². The molecule has 1 aliphatic rings. The predicted octanol–water partition coefficient (Wildman–Crippen LogP) is 1.17. The van der Waals surface area contributed by atoms with Gasteiger partial charge in [0, 0.05) is 18.3 Å². The minimum atomic E-state index is -0.0490. The fourth-order valence-electron chi connectivity index (χ4n) is 2.77. The molecule has 2 aromatic rings. The van der Waals surface area contributed by atoms with Crippen molar-refractivity contribution < 1.29 is 0 Å². The number of nitrogens with one attached hydrogen (secondary N) is 1. The maximum Gasteiger partial charge on any atom is 0.326 e. The Balaban J connectivity index is 2.10. The van der Waals surface area contributed by atoms with E-state index in [0.29, 0.717) is 0 Å². The number of fused-ring (bicyclic) bond motifs is 1. The lowest BCUT2D eigenvalue weighted by Crippen LogP contribution is -2.33. The topological polar surface area (TPSA) is 76.7 Å². The highest BCUT2D eigenvalue weighted by molar-refractivity contribution is 5.73. The van der Waals surface area contributed by atoms with E-state index in [1.54, 1.807) is 12.4 Å². The van der Waals surface area contributed by atoms with E-state index in [4.69, 9.17) is 5.73 Å². The Bertz CT molecular complexity index is 585. The Kier molecular flexibility index (Phi) is 2.48. The Hall–Kier alpha value is -1.62. The monoisotopic (exact) mass is 232 g/mol. The van der Waals surface area contributed by atoms with Gasteiger partial charge in [-0.15, -0.1) is 0 Å². The average molecular weight is 232 g/mol. The third kappa shape index (κ3) is 1.76. The molecule has 5 nitrogen and oxygen atoms in total. The smallest absolute Gasteiger partial charge is 0.326 e. The van der Waals surface area contributed by atoms with Crippen LogP contribution in [-0.4, -0.2) is 20.6 Å². The van der Waals surface area contributed by atoms with Gasteiger partial charge in [0.05, 0.1) is 17.2 Å². The molecule has 2 aromatic heterocycles. The molecule has 3 N–H and O–H groups in total. The Morgan fingerprint density at radius 3 is 3.18 bits per heavy atom. The zero-order valence-corrected chi connectivity index (χ0v) is 9.60. The Morgan fingerprint density at radius 1 is 1.47 bits per heavy atom. The van der Waals surface area contributed by atoms with E-state index in [-0.39, 0.29) is 17.8 Å². The van der Waals surface area contributed by atoms with Gasteiger partial charge in [-0.3, -0.25) is 9.55 Å². The molecule has 1 saturated carbocycles. The first-order chi connectivity index (χ1) is 8.25. The van der Waals surface area contributed by atoms with E-state index in [1.807, 2.05) is 10.6 Å². The number of nitrogens with two attached hydrogens (primary N) is 1. The molecule has 0 amide bonds. The highest BCUT2D eigenvalue weighted by Gasteiger charge is 2.23. The van der Waals surface area contributed by atoms with E-state index in [2.05, 4.69) is 9.97 Å². The summed E-state index contributed by atoms with van der Waals surface area (Å²) in [6.45, 7) is 0. The van der Waals surface area contributed by atoms with Crippen LogP contribution in [0, 0.1) is 0 Å². The van der Waals surface area contributed by atoms with Crippen LogP contribution in [0.3, 0.4) is 0 Å². The number of aromatic amines is 1. The number of hydrogen-bond donors (Lipinski definition) is 2. The molecule has 17 heavy (non-hydrogen) atoms. The second kappa shape index (κ2) is 4.00. The van der Waals surface area contributed by atoms with Crippen LogP contribution in [0.5, 0.6) is 0 Å². The van der Waals surface area contributed by atoms with E-state index in [1.165, 1.54) is 0 Å². The standard InChI is InChI=1S/C12H16N4O/c13-8-2-1-3-9(6-8)16-11-7-14-5-4-10(11)15-12(16)17/h4-5,7-9H,1-3,6,13H2,(H,15,17). The molecule has 0 saturated heterocycles. The summed E-state index contributed by atoms with van der Waals surface area (Å²) in [4.78, 5) is 18.9. The van der Waals surface area contributed by atoms with Crippen LogP contribution < -0.4 is 11.4 Å². The minimum absolute atomic E-state index is 0.0490. The van der Waals surface area contributed by atoms with Crippen LogP contribution in [0.1, 0.15) is 31.7 Å². The first-order valence-electron chi connectivity index (χ1n) is 6.05. The highest BCUT2D eigenvalue weighted by atomic mass is 16.1. The summed E-state index contributed by atoms with van der Waals surface area (Å²) in [5.74, 6) is 0. The van der Waals surface area contributed by atoms with Crippen molar-refractivity contribution in [2.45, 2.75) is 37.8 Å². The number of nitrogens with zero attached hydrogens (tertiary/aromatic N) is 2. The number of imidazole rings is 1. The quantitative estimate of drug-likeness (QED) is 0.774. The number of H-pyrrole nitrogens is 1. The van der Waals surface area contributed by atoms with E-state index >= 15 is 0 Å². The third-order valence-corrected chi connectivity index (χ3v) is 3.57. The largest absolute Gasteiger partial charge is 0.328 e. The summed E-state index contributed by atoms with van der Waals surface area (Å²) in [7, 11) is 0. The molecule has 0 radical (unpaired) electrons. The van der Waals surface area contributed by atoms with Crippen molar-refractivity contribution >= 4 is 11.0 Å². The van der Waals surface area contributed by atoms with Crippen molar-refractivity contribution in [1.29, 1.82) is 0 Å². The lowest BCUT2D eigenvalue weighted by atomic mass is 9.91. The fraction of sp³-hybridized carbons (Fsp3) is 0.500. The molecular formula is C12H16N4O. The predicted molar refractivity (Wildman–Crippen MR) is 65.8 cm³/mol. The highest BCUT2D eigenvalue weighted by Crippen LogP contribution is 2.28. The molecule has 0 aliphatic heterocycles. The second-order valence-corrected chi connectivity index (χ2v) is 4.77. The maximum absolute atomic E-state index is 12.0. The van der Waals surface area contributed by atoms with Gasteiger partial charge in [0.1, 0.15) is 0 Å². The molecule has 90 valence electrons. The van der Waals surface area contributed by atoms with Gasteiger partial charge in [0.2, 0.25) is 0 Å². The van der Waals surface area contributed by atoms with Crippen LogP contribution in [0.25, 0.3) is 11.0 Å². The number of aromatic nitrogens is 3. The van der Waals surface area contributed by atoms with E-state index in [0.717, 1.165) is 36.7 Å². The molecule has 0 bridgehead atoms. The van der Waals surface area contributed by atoms with Gasteiger partial charge in [0.25, 0.3) is 0 Å². The maximum atomic E-state index is 12.0. The number of hydrogen-bond acceptors (Lipinski definition) is 3. The van der Waals surface area contributed by atoms with Gasteiger partial charge in [-0.05, 0) is 31.7 Å². The summed E-state index contributed by atoms with van der Waals surface area (Å²) >= 11 is 0. The molecule has 2 heterocycles. The first-order valence-corrected chi connectivity index (χ1v) is 6.05. The molecule has 2 unspecified atom stereocenters. The normalized spacial score (nSPS) is 25.2. The Morgan fingerprint density at radius 2 is 2.35 bits per heavy atom. The Labute approximate surface area is 98.7 Å². The van der Waals surface area contributed by atoms with Crippen molar-refractivity contribution in [3.05, 3.63) is 28.9 Å². The lowest BCUT2D eigenvalue weighted by Gasteiger charge is -2.27. The molecule has 1 fully saturated rings. The molecular weight excluding hydrogens is 216 g/mol. The SMILES string of the molecule is NC1CCCC(n2c(=O)[nH]c3ccncc32)C1. The van der Waals surface area contributed by atoms with Crippen LogP contribution in [-0.2, 0) is 0 Å². The van der Waals surface area contributed by atoms with Gasteiger partial charge < -0.3 is 10.7 Å². The zero-order chi connectivity index (χ0) is 11.8. The van der Waals surface area contributed by atoms with E-state index < -0.39 is 0 Å². The minimum Gasteiger partial charge on any atom is -0.328 e. The third-order valence-electron chi connectivity index (χ3n) is 3.57. The van der Waals surface area contributed by atoms with Gasteiger partial charge >= 0.3 is 5.69 Å². The molecule has 3 rings (SSSR count). The second-order valence-electron chi connectivity index (χ2n) is 4.77. The van der Waals surface area contributed by atoms with Gasteiger partial charge in [-0.2, -0.15) is 0 Å². The first kappa shape index (κ1) is 10.5. The van der Waals surface area contributed by atoms with Gasteiger partial charge in [-0.25, -0.2) is 4.79 Å². The van der Waals surface area contributed by atoms with Crippen molar-refractivity contribution in [1.82, 2.24) is 14.5 Å². The van der Waals surface area contributed by atoms with Gasteiger partial charge in [0.15, 0.2) is 0 Å². The molecule has 5 heteroatoms. The van der Waals surface area contributed by atoms with Crippen molar-refractivity contribution in [2.24, 2.45) is 5.73 Å². The summed E-state index contributed by atoms with van der Waals surface area (Å²) in [6.07, 6.45) is 7.48. The van der Waals surface area contributed by atoms with Crippen LogP contribution in [0.2, 0.25) is 0 Å².